The maximum atomic E-state index is 12.1. The lowest BCUT2D eigenvalue weighted by atomic mass is 10.2. The van der Waals surface area contributed by atoms with E-state index in [4.69, 9.17) is 23.8 Å². The fourth-order valence-corrected chi connectivity index (χ4v) is 3.13. The van der Waals surface area contributed by atoms with E-state index in [1.807, 2.05) is 6.92 Å². The summed E-state index contributed by atoms with van der Waals surface area (Å²) in [6, 6.07) is 13.4. The number of sulfonamides is 1. The van der Waals surface area contributed by atoms with E-state index in [0.29, 0.717) is 10.7 Å². The first-order valence-corrected chi connectivity index (χ1v) is 8.82. The van der Waals surface area contributed by atoms with Crippen LogP contribution in [0.15, 0.2) is 58.4 Å². The molecule has 0 bridgehead atoms. The first kappa shape index (κ1) is 17.4. The van der Waals surface area contributed by atoms with Crippen molar-refractivity contribution in [1.29, 1.82) is 0 Å². The van der Waals surface area contributed by atoms with Crippen LogP contribution in [0.3, 0.4) is 0 Å². The van der Waals surface area contributed by atoms with Gasteiger partial charge in [-0.15, -0.1) is 0 Å². The fourth-order valence-electron chi connectivity index (χ4n) is 1.66. The Labute approximate surface area is 145 Å². The van der Waals surface area contributed by atoms with Crippen LogP contribution in [-0.4, -0.2) is 19.9 Å². The summed E-state index contributed by atoms with van der Waals surface area (Å²) in [6.07, 6.45) is 1.30. The van der Waals surface area contributed by atoms with Gasteiger partial charge in [0.05, 0.1) is 11.2 Å². The van der Waals surface area contributed by atoms with Gasteiger partial charge in [0.2, 0.25) is 5.11 Å². The summed E-state index contributed by atoms with van der Waals surface area (Å²) in [4.78, 5) is 3.97. The number of benzene rings is 2. The normalized spacial score (nSPS) is 11.4. The lowest BCUT2D eigenvalue weighted by Crippen LogP contribution is -2.28. The van der Waals surface area contributed by atoms with Gasteiger partial charge in [-0.3, -0.25) is 4.72 Å². The standard InChI is InChI=1S/C15H14ClN3O2S2/c1-11-5-7-14(8-6-11)23(20,21)19-15(22)18-10-17-13-4-2-3-12(16)9-13/h2-10H,1H3,(H2,17,18,19,22). The third-order valence-electron chi connectivity index (χ3n) is 2.79. The Morgan fingerprint density at radius 1 is 1.22 bits per heavy atom. The topological polar surface area (TPSA) is 70.6 Å². The second-order valence-electron chi connectivity index (χ2n) is 4.64. The summed E-state index contributed by atoms with van der Waals surface area (Å²) in [7, 11) is -3.73. The Hall–Kier alpha value is -1.96. The molecule has 2 N–H and O–H groups in total. The first-order chi connectivity index (χ1) is 10.9. The maximum Gasteiger partial charge on any atom is 0.263 e. The van der Waals surface area contributed by atoms with Crippen molar-refractivity contribution in [3.63, 3.8) is 0 Å². The predicted octanol–water partition coefficient (Wildman–Crippen LogP) is 3.35. The molecule has 0 unspecified atom stereocenters. The Balaban J connectivity index is 1.98. The fraction of sp³-hybridized carbons (Fsp3) is 0.0667. The summed E-state index contributed by atoms with van der Waals surface area (Å²) >= 11 is 10.8. The molecule has 0 saturated carbocycles. The van der Waals surface area contributed by atoms with Gasteiger partial charge in [-0.05, 0) is 49.5 Å². The number of nitrogens with one attached hydrogen (secondary N) is 2. The zero-order chi connectivity index (χ0) is 16.9. The minimum atomic E-state index is -3.73. The number of nitrogens with zero attached hydrogens (tertiary/aromatic N) is 1. The van der Waals surface area contributed by atoms with Crippen LogP contribution in [0.4, 0.5) is 5.69 Å². The van der Waals surface area contributed by atoms with Crippen LogP contribution in [0.5, 0.6) is 0 Å². The Kier molecular flexibility index (Phi) is 5.70. The number of rotatable bonds is 4. The molecule has 2 aromatic carbocycles. The van der Waals surface area contributed by atoms with Gasteiger partial charge in [0, 0.05) is 10.7 Å². The molecule has 0 amide bonds. The molecule has 0 saturated heterocycles. The highest BCUT2D eigenvalue weighted by molar-refractivity contribution is 7.91. The van der Waals surface area contributed by atoms with Crippen molar-refractivity contribution in [1.82, 2.24) is 4.72 Å². The van der Waals surface area contributed by atoms with Crippen molar-refractivity contribution in [2.24, 2.45) is 4.99 Å². The third-order valence-corrected chi connectivity index (χ3v) is 4.72. The van der Waals surface area contributed by atoms with E-state index in [0.717, 1.165) is 5.56 Å². The molecule has 0 aromatic heterocycles. The van der Waals surface area contributed by atoms with E-state index in [1.165, 1.54) is 18.5 Å². The van der Waals surface area contributed by atoms with Gasteiger partial charge in [-0.25, -0.2) is 13.4 Å². The van der Waals surface area contributed by atoms with Gasteiger partial charge in [0.25, 0.3) is 10.0 Å². The Bertz CT molecular complexity index is 834. The van der Waals surface area contributed by atoms with Crippen LogP contribution in [0, 0.1) is 6.92 Å². The van der Waals surface area contributed by atoms with Gasteiger partial charge in [-0.2, -0.15) is 0 Å². The summed E-state index contributed by atoms with van der Waals surface area (Å²) in [5, 5.41) is 3.26. The summed E-state index contributed by atoms with van der Waals surface area (Å²) in [5.74, 6) is 0. The van der Waals surface area contributed by atoms with E-state index < -0.39 is 10.0 Å². The highest BCUT2D eigenvalue weighted by atomic mass is 35.5. The predicted molar refractivity (Wildman–Crippen MR) is 97.7 cm³/mol. The van der Waals surface area contributed by atoms with Crippen molar-refractivity contribution in [3.05, 3.63) is 59.1 Å². The molecule has 0 aliphatic rings. The molecule has 23 heavy (non-hydrogen) atoms. The van der Waals surface area contributed by atoms with Gasteiger partial charge in [-0.1, -0.05) is 35.4 Å². The second kappa shape index (κ2) is 7.54. The molecular weight excluding hydrogens is 354 g/mol. The highest BCUT2D eigenvalue weighted by Gasteiger charge is 2.14. The monoisotopic (exact) mass is 367 g/mol. The first-order valence-electron chi connectivity index (χ1n) is 6.55. The number of hydrogen-bond donors (Lipinski definition) is 2. The number of aliphatic imine (C=N–C) groups is 1. The quantitative estimate of drug-likeness (QED) is 0.494. The molecule has 0 atom stereocenters. The van der Waals surface area contributed by atoms with Gasteiger partial charge in [0.1, 0.15) is 0 Å². The van der Waals surface area contributed by atoms with Crippen molar-refractivity contribution >= 4 is 51.0 Å². The lowest BCUT2D eigenvalue weighted by Gasteiger charge is -2.06. The van der Waals surface area contributed by atoms with E-state index in [2.05, 4.69) is 15.0 Å². The van der Waals surface area contributed by atoms with E-state index >= 15 is 0 Å². The van der Waals surface area contributed by atoms with Crippen LogP contribution in [0.1, 0.15) is 5.56 Å². The minimum absolute atomic E-state index is 0.128. The average Bonchev–Trinajstić information content (AvgIpc) is 2.47. The molecular formula is C15H14ClN3O2S2. The van der Waals surface area contributed by atoms with Crippen molar-refractivity contribution < 1.29 is 8.42 Å². The van der Waals surface area contributed by atoms with Crippen LogP contribution >= 0.6 is 23.8 Å². The molecule has 0 radical (unpaired) electrons. The van der Waals surface area contributed by atoms with E-state index in [9.17, 15) is 8.42 Å². The van der Waals surface area contributed by atoms with Crippen LogP contribution in [0.25, 0.3) is 0 Å². The molecule has 5 nitrogen and oxygen atoms in total. The van der Waals surface area contributed by atoms with Crippen LogP contribution in [0.2, 0.25) is 5.02 Å². The van der Waals surface area contributed by atoms with Crippen molar-refractivity contribution in [3.8, 4) is 0 Å². The number of halogens is 1. The maximum absolute atomic E-state index is 12.1. The van der Waals surface area contributed by atoms with Gasteiger partial charge in [0.15, 0.2) is 0 Å². The van der Waals surface area contributed by atoms with Gasteiger partial charge < -0.3 is 5.32 Å². The Morgan fingerprint density at radius 2 is 1.91 bits per heavy atom. The van der Waals surface area contributed by atoms with Crippen LogP contribution in [-0.2, 0) is 10.0 Å². The number of hydrogen-bond acceptors (Lipinski definition) is 3. The summed E-state index contributed by atoms with van der Waals surface area (Å²) in [6.45, 7) is 1.88. The molecule has 0 aliphatic carbocycles. The smallest absolute Gasteiger partial charge is 0.263 e. The largest absolute Gasteiger partial charge is 0.346 e. The SMILES string of the molecule is Cc1ccc(S(=O)(=O)NC(=S)/N=C\Nc2cccc(Cl)c2)cc1. The highest BCUT2D eigenvalue weighted by Crippen LogP contribution is 2.14. The van der Waals surface area contributed by atoms with Crippen molar-refractivity contribution in [2.75, 3.05) is 5.32 Å². The minimum Gasteiger partial charge on any atom is -0.346 e. The average molecular weight is 368 g/mol. The third kappa shape index (κ3) is 5.31. The number of aryl methyl sites for hydroxylation is 1. The molecule has 0 fully saturated rings. The molecule has 120 valence electrons. The number of thiocarbonyl (C=S) groups is 1. The van der Waals surface area contributed by atoms with E-state index in [1.54, 1.807) is 36.4 Å². The molecule has 2 rings (SSSR count). The van der Waals surface area contributed by atoms with Crippen molar-refractivity contribution in [2.45, 2.75) is 11.8 Å². The molecule has 2 aromatic rings. The van der Waals surface area contributed by atoms with Crippen LogP contribution < -0.4 is 10.0 Å². The number of anilines is 1. The van der Waals surface area contributed by atoms with E-state index in [-0.39, 0.29) is 10.0 Å². The summed E-state index contributed by atoms with van der Waals surface area (Å²) < 4.78 is 26.5. The molecule has 0 aliphatic heterocycles. The zero-order valence-electron chi connectivity index (χ0n) is 12.2. The van der Waals surface area contributed by atoms with Gasteiger partial charge >= 0.3 is 0 Å². The molecule has 8 heteroatoms. The lowest BCUT2D eigenvalue weighted by molar-refractivity contribution is 0.592. The molecule has 0 heterocycles. The Morgan fingerprint density at radius 3 is 2.57 bits per heavy atom. The summed E-state index contributed by atoms with van der Waals surface area (Å²) in [5.41, 5.74) is 1.68. The zero-order valence-corrected chi connectivity index (χ0v) is 14.5. The second-order valence-corrected chi connectivity index (χ2v) is 7.14. The molecule has 0 spiro atoms.